The lowest BCUT2D eigenvalue weighted by molar-refractivity contribution is -0.137. The normalized spacial score (nSPS) is 12.4. The number of carbonyl (C=O) groups excluding carboxylic acids is 1. The second kappa shape index (κ2) is 8.13. The van der Waals surface area contributed by atoms with Gasteiger partial charge in [0.25, 0.3) is 0 Å². The van der Waals surface area contributed by atoms with Crippen LogP contribution in [-0.4, -0.2) is 23.9 Å². The van der Waals surface area contributed by atoms with Gasteiger partial charge in [0, 0.05) is 11.8 Å². The molecule has 0 aliphatic carbocycles. The molecule has 138 valence electrons. The van der Waals surface area contributed by atoms with Crippen LogP contribution in [-0.2, 0) is 9.53 Å². The maximum atomic E-state index is 14.1. The van der Waals surface area contributed by atoms with Crippen molar-refractivity contribution in [2.45, 2.75) is 13.8 Å². The molecule has 1 aromatic carbocycles. The summed E-state index contributed by atoms with van der Waals surface area (Å²) in [5.74, 6) is -9.82. The minimum Gasteiger partial charge on any atom is -0.506 e. The summed E-state index contributed by atoms with van der Waals surface area (Å²) in [6.07, 6.45) is 0.886. The van der Waals surface area contributed by atoms with Crippen molar-refractivity contribution in [2.24, 2.45) is 4.99 Å². The first-order valence-electron chi connectivity index (χ1n) is 7.30. The number of carbonyl (C=O) groups is 1. The van der Waals surface area contributed by atoms with Gasteiger partial charge < -0.3 is 9.84 Å². The molecule has 0 radical (unpaired) electrons. The smallest absolute Gasteiger partial charge is 0.343 e. The molecule has 1 N–H and O–H groups in total. The van der Waals surface area contributed by atoms with Crippen molar-refractivity contribution in [2.75, 3.05) is 6.61 Å². The van der Waals surface area contributed by atoms with Crippen LogP contribution in [0.3, 0.4) is 0 Å². The summed E-state index contributed by atoms with van der Waals surface area (Å²) in [7, 11) is 0. The summed E-state index contributed by atoms with van der Waals surface area (Å²) < 4.78 is 59.5. The number of esters is 1. The van der Waals surface area contributed by atoms with Crippen LogP contribution in [0.5, 0.6) is 0 Å². The first-order valence-corrected chi connectivity index (χ1v) is 8.18. The van der Waals surface area contributed by atoms with E-state index in [0.717, 1.165) is 13.1 Å². The van der Waals surface area contributed by atoms with Gasteiger partial charge in [0.15, 0.2) is 23.3 Å². The highest BCUT2D eigenvalue weighted by atomic mass is 32.1. The van der Waals surface area contributed by atoms with Crippen LogP contribution in [0.4, 0.5) is 22.6 Å². The Bertz CT molecular complexity index is 863. The molecule has 1 aromatic heterocycles. The number of aliphatic imine (C=N–C) groups is 1. The Hall–Kier alpha value is -2.68. The van der Waals surface area contributed by atoms with E-state index in [1.54, 1.807) is 17.5 Å². The maximum absolute atomic E-state index is 14.1. The molecule has 9 heteroatoms. The number of rotatable bonds is 5. The molecule has 0 atom stereocenters. The van der Waals surface area contributed by atoms with E-state index in [-0.39, 0.29) is 6.61 Å². The second-order valence-electron chi connectivity index (χ2n) is 4.95. The molecule has 0 aliphatic rings. The fourth-order valence-electron chi connectivity index (χ4n) is 2.05. The van der Waals surface area contributed by atoms with E-state index in [0.29, 0.717) is 5.00 Å². The van der Waals surface area contributed by atoms with Crippen LogP contribution < -0.4 is 0 Å². The minimum absolute atomic E-state index is 0.0734. The molecule has 0 aliphatic heterocycles. The van der Waals surface area contributed by atoms with Gasteiger partial charge in [-0.3, -0.25) is 0 Å². The van der Waals surface area contributed by atoms with Gasteiger partial charge in [-0.05, 0) is 31.4 Å². The average molecular weight is 387 g/mol. The first-order chi connectivity index (χ1) is 12.3. The fraction of sp³-hybridized carbons (Fsp3) is 0.176. The Morgan fingerprint density at radius 2 is 1.88 bits per heavy atom. The summed E-state index contributed by atoms with van der Waals surface area (Å²) in [5.41, 5.74) is -2.32. The summed E-state index contributed by atoms with van der Waals surface area (Å²) in [4.78, 5) is 16.0. The van der Waals surface area contributed by atoms with E-state index >= 15 is 0 Å². The van der Waals surface area contributed by atoms with E-state index < -0.39 is 51.7 Å². The summed E-state index contributed by atoms with van der Waals surface area (Å²) >= 11 is 1.21. The lowest BCUT2D eigenvalue weighted by Gasteiger charge is -2.12. The lowest BCUT2D eigenvalue weighted by atomic mass is 10.0. The molecule has 0 saturated carbocycles. The van der Waals surface area contributed by atoms with Crippen LogP contribution in [0.2, 0.25) is 0 Å². The second-order valence-corrected chi connectivity index (χ2v) is 5.87. The predicted molar refractivity (Wildman–Crippen MR) is 89.7 cm³/mol. The zero-order valence-corrected chi connectivity index (χ0v) is 14.5. The number of thiophene rings is 1. The molecule has 4 nitrogen and oxygen atoms in total. The van der Waals surface area contributed by atoms with E-state index in [2.05, 4.69) is 4.99 Å². The highest BCUT2D eigenvalue weighted by Crippen LogP contribution is 2.30. The SMILES string of the molecule is CCOC(=O)C(C=Nc1cccs1)=C(O)c1c(C)c(F)c(F)c(F)c1F. The van der Waals surface area contributed by atoms with Crippen molar-refractivity contribution in [3.05, 3.63) is 57.5 Å². The third-order valence-electron chi connectivity index (χ3n) is 3.32. The molecule has 0 unspecified atom stereocenters. The molecule has 1 heterocycles. The summed E-state index contributed by atoms with van der Waals surface area (Å²) in [6.45, 7) is 2.35. The van der Waals surface area contributed by atoms with Gasteiger partial charge >= 0.3 is 5.97 Å². The largest absolute Gasteiger partial charge is 0.506 e. The number of aliphatic hydroxyl groups is 1. The standard InChI is InChI=1S/C17H13F4NO3S/c1-3-25-17(24)9(7-22-10-5-4-6-26-10)16(23)11-8(2)12(18)14(20)15(21)13(11)19/h4-7,23H,3H2,1-2H3. The number of ether oxygens (including phenoxy) is 1. The molecule has 0 bridgehead atoms. The third-order valence-corrected chi connectivity index (χ3v) is 4.09. The predicted octanol–water partition coefficient (Wildman–Crippen LogP) is 4.85. The molecule has 2 rings (SSSR count). The fourth-order valence-corrected chi connectivity index (χ4v) is 2.62. The van der Waals surface area contributed by atoms with Gasteiger partial charge in [-0.1, -0.05) is 0 Å². The number of nitrogens with zero attached hydrogens (tertiary/aromatic N) is 1. The van der Waals surface area contributed by atoms with Crippen LogP contribution in [0, 0.1) is 30.2 Å². The molecule has 0 fully saturated rings. The van der Waals surface area contributed by atoms with E-state index in [1.165, 1.54) is 18.3 Å². The molecule has 2 aromatic rings. The number of hydrogen-bond donors (Lipinski definition) is 1. The van der Waals surface area contributed by atoms with Gasteiger partial charge in [0.05, 0.1) is 12.2 Å². The Morgan fingerprint density at radius 3 is 2.46 bits per heavy atom. The number of benzene rings is 1. The van der Waals surface area contributed by atoms with E-state index in [1.807, 2.05) is 0 Å². The molecule has 0 spiro atoms. The number of aliphatic hydroxyl groups excluding tert-OH is 1. The van der Waals surface area contributed by atoms with Crippen molar-refractivity contribution < 1.29 is 32.2 Å². The molecule has 0 amide bonds. The highest BCUT2D eigenvalue weighted by molar-refractivity contribution is 7.13. The first kappa shape index (κ1) is 19.6. The molecular weight excluding hydrogens is 374 g/mol. The highest BCUT2D eigenvalue weighted by Gasteiger charge is 2.28. The van der Waals surface area contributed by atoms with Gasteiger partial charge in [-0.2, -0.15) is 0 Å². The monoisotopic (exact) mass is 387 g/mol. The Morgan fingerprint density at radius 1 is 1.23 bits per heavy atom. The molecule has 0 saturated heterocycles. The zero-order valence-electron chi connectivity index (χ0n) is 13.6. The quantitative estimate of drug-likeness (QED) is 0.152. The Kier molecular flexibility index (Phi) is 6.14. The zero-order chi connectivity index (χ0) is 19.4. The van der Waals surface area contributed by atoms with Crippen molar-refractivity contribution in [3.63, 3.8) is 0 Å². The third kappa shape index (κ3) is 3.77. The molecular formula is C17H13F4NO3S. The average Bonchev–Trinajstić information content (AvgIpc) is 3.12. The minimum atomic E-state index is -2.10. The van der Waals surface area contributed by atoms with Crippen molar-refractivity contribution >= 4 is 34.3 Å². The van der Waals surface area contributed by atoms with Crippen LogP contribution in [0.15, 0.2) is 28.1 Å². The van der Waals surface area contributed by atoms with Crippen molar-refractivity contribution in [1.29, 1.82) is 0 Å². The summed E-state index contributed by atoms with van der Waals surface area (Å²) in [6, 6.07) is 3.28. The number of halogens is 4. The maximum Gasteiger partial charge on any atom is 0.343 e. The Balaban J connectivity index is 2.68. The molecule has 26 heavy (non-hydrogen) atoms. The lowest BCUT2D eigenvalue weighted by Crippen LogP contribution is -2.14. The van der Waals surface area contributed by atoms with Gasteiger partial charge in [-0.15, -0.1) is 11.3 Å². The van der Waals surface area contributed by atoms with Gasteiger partial charge in [0.1, 0.15) is 16.3 Å². The van der Waals surface area contributed by atoms with E-state index in [9.17, 15) is 27.5 Å². The van der Waals surface area contributed by atoms with Crippen LogP contribution in [0.25, 0.3) is 5.76 Å². The van der Waals surface area contributed by atoms with Crippen molar-refractivity contribution in [3.8, 4) is 0 Å². The van der Waals surface area contributed by atoms with Crippen molar-refractivity contribution in [1.82, 2.24) is 0 Å². The number of hydrogen-bond acceptors (Lipinski definition) is 5. The topological polar surface area (TPSA) is 58.9 Å². The van der Waals surface area contributed by atoms with Crippen LogP contribution in [0.1, 0.15) is 18.1 Å². The van der Waals surface area contributed by atoms with E-state index in [4.69, 9.17) is 4.74 Å². The Labute approximate surface area is 150 Å². The summed E-state index contributed by atoms with van der Waals surface area (Å²) in [5, 5.41) is 12.5. The van der Waals surface area contributed by atoms with Crippen LogP contribution >= 0.6 is 11.3 Å². The van der Waals surface area contributed by atoms with Gasteiger partial charge in [-0.25, -0.2) is 27.3 Å². The van der Waals surface area contributed by atoms with Gasteiger partial charge in [0.2, 0.25) is 0 Å².